The van der Waals surface area contributed by atoms with Gasteiger partial charge in [0.25, 0.3) is 0 Å². The third-order valence-corrected chi connectivity index (χ3v) is 6.47. The van der Waals surface area contributed by atoms with Crippen LogP contribution >= 0.6 is 11.8 Å². The summed E-state index contributed by atoms with van der Waals surface area (Å²) in [7, 11) is 0. The van der Waals surface area contributed by atoms with Crippen molar-refractivity contribution in [2.75, 3.05) is 31.9 Å². The molecule has 1 unspecified atom stereocenters. The summed E-state index contributed by atoms with van der Waals surface area (Å²) in [6.45, 7) is 5.35. The maximum Gasteiger partial charge on any atom is 0.194 e. The monoisotopic (exact) mass is 351 g/mol. The van der Waals surface area contributed by atoms with Gasteiger partial charge in [0, 0.05) is 30.1 Å². The molecular weight excluding hydrogens is 322 g/mol. The SMILES string of the molecule is CCNC(=NCC(O)c1ccco1)N1CCSC2(CCCCC2)C1. The number of nitrogens with one attached hydrogen (secondary N) is 1. The quantitative estimate of drug-likeness (QED) is 0.645. The molecular formula is C18H29N3O2S. The Labute approximate surface area is 148 Å². The van der Waals surface area contributed by atoms with Gasteiger partial charge in [-0.3, -0.25) is 0 Å². The van der Waals surface area contributed by atoms with Crippen LogP contribution in [0.1, 0.15) is 50.9 Å². The Kier molecular flexibility index (Phi) is 6.11. The Morgan fingerprint density at radius 2 is 2.29 bits per heavy atom. The van der Waals surface area contributed by atoms with Gasteiger partial charge in [0.2, 0.25) is 0 Å². The van der Waals surface area contributed by atoms with E-state index in [1.165, 1.54) is 32.1 Å². The van der Waals surface area contributed by atoms with Gasteiger partial charge in [0.1, 0.15) is 11.9 Å². The van der Waals surface area contributed by atoms with Crippen LogP contribution in [0.3, 0.4) is 0 Å². The first kappa shape index (κ1) is 17.7. The van der Waals surface area contributed by atoms with Crippen LogP contribution in [0.15, 0.2) is 27.8 Å². The van der Waals surface area contributed by atoms with Gasteiger partial charge in [-0.15, -0.1) is 0 Å². The smallest absolute Gasteiger partial charge is 0.194 e. The summed E-state index contributed by atoms with van der Waals surface area (Å²) in [6.07, 6.45) is 7.63. The molecule has 134 valence electrons. The summed E-state index contributed by atoms with van der Waals surface area (Å²) in [5.41, 5.74) is 0. The zero-order chi connectivity index (χ0) is 16.8. The Morgan fingerprint density at radius 1 is 1.46 bits per heavy atom. The van der Waals surface area contributed by atoms with E-state index >= 15 is 0 Å². The Bertz CT molecular complexity index is 521. The van der Waals surface area contributed by atoms with Gasteiger partial charge in [0.15, 0.2) is 5.96 Å². The molecule has 1 atom stereocenters. The molecule has 3 rings (SSSR count). The largest absolute Gasteiger partial charge is 0.467 e. The Balaban J connectivity index is 1.66. The second kappa shape index (κ2) is 8.30. The van der Waals surface area contributed by atoms with Crippen molar-refractivity contribution in [3.8, 4) is 0 Å². The summed E-state index contributed by atoms with van der Waals surface area (Å²) in [5.74, 6) is 2.66. The van der Waals surface area contributed by atoms with Gasteiger partial charge in [-0.25, -0.2) is 4.99 Å². The summed E-state index contributed by atoms with van der Waals surface area (Å²) in [6, 6.07) is 3.59. The maximum atomic E-state index is 10.2. The maximum absolute atomic E-state index is 10.2. The summed E-state index contributed by atoms with van der Waals surface area (Å²) >= 11 is 2.16. The lowest BCUT2D eigenvalue weighted by Gasteiger charge is -2.45. The van der Waals surface area contributed by atoms with Gasteiger partial charge >= 0.3 is 0 Å². The fraction of sp³-hybridized carbons (Fsp3) is 0.722. The van der Waals surface area contributed by atoms with Crippen LogP contribution in [-0.2, 0) is 0 Å². The van der Waals surface area contributed by atoms with Crippen LogP contribution < -0.4 is 5.32 Å². The third kappa shape index (κ3) is 4.28. The van der Waals surface area contributed by atoms with E-state index in [-0.39, 0.29) is 0 Å². The number of guanidine groups is 1. The topological polar surface area (TPSA) is 61.0 Å². The van der Waals surface area contributed by atoms with Crippen molar-refractivity contribution >= 4 is 17.7 Å². The minimum atomic E-state index is -0.684. The molecule has 1 saturated heterocycles. The highest BCUT2D eigenvalue weighted by molar-refractivity contribution is 8.00. The van der Waals surface area contributed by atoms with Crippen LogP contribution in [-0.4, -0.2) is 52.6 Å². The molecule has 2 heterocycles. The number of aliphatic imine (C=N–C) groups is 1. The molecule has 5 nitrogen and oxygen atoms in total. The van der Waals surface area contributed by atoms with Crippen LogP contribution in [0.5, 0.6) is 0 Å². The van der Waals surface area contributed by atoms with E-state index in [1.54, 1.807) is 18.4 Å². The van der Waals surface area contributed by atoms with E-state index in [1.807, 2.05) is 0 Å². The lowest BCUT2D eigenvalue weighted by molar-refractivity contribution is 0.158. The fourth-order valence-electron chi connectivity index (χ4n) is 3.69. The number of nitrogens with zero attached hydrogens (tertiary/aromatic N) is 2. The zero-order valence-corrected chi connectivity index (χ0v) is 15.4. The lowest BCUT2D eigenvalue weighted by atomic mass is 9.87. The van der Waals surface area contributed by atoms with E-state index in [0.717, 1.165) is 31.3 Å². The molecule has 0 radical (unpaired) electrons. The van der Waals surface area contributed by atoms with E-state index in [9.17, 15) is 5.11 Å². The molecule has 2 aliphatic rings. The van der Waals surface area contributed by atoms with Gasteiger partial charge in [0.05, 0.1) is 12.8 Å². The average molecular weight is 352 g/mol. The normalized spacial score (nSPS) is 22.6. The molecule has 0 bridgehead atoms. The molecule has 0 amide bonds. The molecule has 24 heavy (non-hydrogen) atoms. The highest BCUT2D eigenvalue weighted by atomic mass is 32.2. The first-order chi connectivity index (χ1) is 11.7. The van der Waals surface area contributed by atoms with Crippen LogP contribution in [0.4, 0.5) is 0 Å². The highest BCUT2D eigenvalue weighted by Crippen LogP contribution is 2.42. The molecule has 1 aromatic rings. The number of hydrogen-bond acceptors (Lipinski definition) is 4. The Hall–Kier alpha value is -1.14. The zero-order valence-electron chi connectivity index (χ0n) is 14.5. The predicted octanol–water partition coefficient (Wildman–Crippen LogP) is 3.03. The van der Waals surface area contributed by atoms with Gasteiger partial charge in [-0.2, -0.15) is 11.8 Å². The summed E-state index contributed by atoms with van der Waals surface area (Å²) < 4.78 is 5.68. The fourth-order valence-corrected chi connectivity index (χ4v) is 5.26. The average Bonchev–Trinajstić information content (AvgIpc) is 3.14. The molecule has 6 heteroatoms. The number of hydrogen-bond donors (Lipinski definition) is 2. The lowest BCUT2D eigenvalue weighted by Crippen LogP contribution is -2.53. The van der Waals surface area contributed by atoms with Gasteiger partial charge in [-0.05, 0) is 31.9 Å². The third-order valence-electron chi connectivity index (χ3n) is 4.93. The molecule has 0 aromatic carbocycles. The van der Waals surface area contributed by atoms with Gasteiger partial charge < -0.3 is 19.7 Å². The van der Waals surface area contributed by atoms with Crippen LogP contribution in [0.2, 0.25) is 0 Å². The number of aliphatic hydroxyl groups excluding tert-OH is 1. The molecule has 2 N–H and O–H groups in total. The van der Waals surface area contributed by atoms with Crippen LogP contribution in [0, 0.1) is 0 Å². The van der Waals surface area contributed by atoms with E-state index in [0.29, 0.717) is 17.1 Å². The molecule has 1 aromatic heterocycles. The number of rotatable bonds is 4. The minimum Gasteiger partial charge on any atom is -0.467 e. The molecule has 1 spiro atoms. The van der Waals surface area contributed by atoms with Crippen molar-refractivity contribution in [2.24, 2.45) is 4.99 Å². The summed E-state index contributed by atoms with van der Waals surface area (Å²) in [5, 5.41) is 13.6. The molecule has 2 fully saturated rings. The number of furan rings is 1. The van der Waals surface area contributed by atoms with Crippen molar-refractivity contribution in [1.82, 2.24) is 10.2 Å². The predicted molar refractivity (Wildman–Crippen MR) is 99.5 cm³/mol. The first-order valence-electron chi connectivity index (χ1n) is 9.11. The van der Waals surface area contributed by atoms with Gasteiger partial charge in [-0.1, -0.05) is 19.3 Å². The first-order valence-corrected chi connectivity index (χ1v) is 10.1. The van der Waals surface area contributed by atoms with E-state index < -0.39 is 6.10 Å². The van der Waals surface area contributed by atoms with Crippen molar-refractivity contribution in [3.05, 3.63) is 24.2 Å². The molecule has 1 saturated carbocycles. The standard InChI is InChI=1S/C18H29N3O2S/c1-2-19-17(20-13-15(22)16-7-6-11-23-16)21-10-12-24-18(14-21)8-4-3-5-9-18/h6-7,11,15,22H,2-5,8-10,12-14H2,1H3,(H,19,20). The van der Waals surface area contributed by atoms with Crippen LogP contribution in [0.25, 0.3) is 0 Å². The molecule has 1 aliphatic heterocycles. The minimum absolute atomic E-state index is 0.326. The second-order valence-corrected chi connectivity index (χ2v) is 8.30. The van der Waals surface area contributed by atoms with E-state index in [4.69, 9.17) is 4.42 Å². The van der Waals surface area contributed by atoms with Crippen molar-refractivity contribution < 1.29 is 9.52 Å². The Morgan fingerprint density at radius 3 is 3.00 bits per heavy atom. The van der Waals surface area contributed by atoms with Crippen molar-refractivity contribution in [1.29, 1.82) is 0 Å². The van der Waals surface area contributed by atoms with Crippen molar-refractivity contribution in [2.45, 2.75) is 49.9 Å². The van der Waals surface area contributed by atoms with E-state index in [2.05, 4.69) is 33.9 Å². The second-order valence-electron chi connectivity index (χ2n) is 6.74. The van der Waals surface area contributed by atoms with Crippen molar-refractivity contribution in [3.63, 3.8) is 0 Å². The highest BCUT2D eigenvalue weighted by Gasteiger charge is 2.38. The number of aliphatic hydroxyl groups is 1. The number of thioether (sulfide) groups is 1. The molecule has 1 aliphatic carbocycles. The summed E-state index contributed by atoms with van der Waals surface area (Å²) in [4.78, 5) is 7.07.